The summed E-state index contributed by atoms with van der Waals surface area (Å²) in [4.78, 5) is 24.9. The number of ether oxygens (including phenoxy) is 1. The average molecular weight is 449 g/mol. The SMILES string of the molecule is C=CCN(CC=C)S(=O)(=O)c1ccc(C(=O)Nc2cc(C)c(C(=O)OCC)s2)cc1. The van der Waals surface area contributed by atoms with Crippen molar-refractivity contribution in [2.75, 3.05) is 25.0 Å². The van der Waals surface area contributed by atoms with Crippen molar-refractivity contribution in [2.24, 2.45) is 0 Å². The Morgan fingerprint density at radius 2 is 1.77 bits per heavy atom. The molecule has 0 atom stereocenters. The van der Waals surface area contributed by atoms with Crippen LogP contribution in [0.25, 0.3) is 0 Å². The predicted molar refractivity (Wildman–Crippen MR) is 119 cm³/mol. The number of amides is 1. The van der Waals surface area contributed by atoms with Gasteiger partial charge < -0.3 is 10.1 Å². The Morgan fingerprint density at radius 1 is 1.17 bits per heavy atom. The second-order valence-electron chi connectivity index (χ2n) is 6.22. The molecule has 0 aliphatic heterocycles. The molecule has 9 heteroatoms. The maximum absolute atomic E-state index is 12.7. The molecule has 1 amide bonds. The molecule has 30 heavy (non-hydrogen) atoms. The van der Waals surface area contributed by atoms with Crippen molar-refractivity contribution in [3.05, 3.63) is 71.6 Å². The van der Waals surface area contributed by atoms with Crippen LogP contribution in [0, 0.1) is 6.92 Å². The van der Waals surface area contributed by atoms with Crippen LogP contribution in [0.3, 0.4) is 0 Å². The molecule has 0 unspecified atom stereocenters. The Labute approximate surface area is 180 Å². The highest BCUT2D eigenvalue weighted by Gasteiger charge is 2.23. The zero-order valence-corrected chi connectivity index (χ0v) is 18.5. The monoisotopic (exact) mass is 448 g/mol. The number of thiophene rings is 1. The molecule has 0 aliphatic rings. The highest BCUT2D eigenvalue weighted by atomic mass is 32.2. The highest BCUT2D eigenvalue weighted by molar-refractivity contribution is 7.89. The number of hydrogen-bond donors (Lipinski definition) is 1. The third kappa shape index (κ3) is 5.44. The van der Waals surface area contributed by atoms with E-state index in [4.69, 9.17) is 4.74 Å². The number of nitrogens with one attached hydrogen (secondary N) is 1. The minimum Gasteiger partial charge on any atom is -0.462 e. The summed E-state index contributed by atoms with van der Waals surface area (Å²) in [5.41, 5.74) is 0.997. The molecule has 1 heterocycles. The maximum atomic E-state index is 12.7. The van der Waals surface area contributed by atoms with Crippen LogP contribution < -0.4 is 5.32 Å². The van der Waals surface area contributed by atoms with Gasteiger partial charge in [-0.15, -0.1) is 24.5 Å². The van der Waals surface area contributed by atoms with Gasteiger partial charge >= 0.3 is 5.97 Å². The van der Waals surface area contributed by atoms with Crippen molar-refractivity contribution < 1.29 is 22.7 Å². The third-order valence-electron chi connectivity index (χ3n) is 4.04. The van der Waals surface area contributed by atoms with E-state index >= 15 is 0 Å². The van der Waals surface area contributed by atoms with Crippen LogP contribution >= 0.6 is 11.3 Å². The number of carbonyl (C=O) groups is 2. The zero-order valence-electron chi connectivity index (χ0n) is 16.9. The van der Waals surface area contributed by atoms with Crippen LogP contribution in [0.5, 0.6) is 0 Å². The van der Waals surface area contributed by atoms with E-state index in [9.17, 15) is 18.0 Å². The molecular formula is C21H24N2O5S2. The molecule has 1 aromatic heterocycles. The molecule has 2 aromatic rings. The van der Waals surface area contributed by atoms with Crippen LogP contribution in [-0.4, -0.2) is 44.3 Å². The van der Waals surface area contributed by atoms with E-state index < -0.39 is 21.9 Å². The Kier molecular flexibility index (Phi) is 8.10. The highest BCUT2D eigenvalue weighted by Crippen LogP contribution is 2.28. The summed E-state index contributed by atoms with van der Waals surface area (Å²) in [5.74, 6) is -0.844. The molecule has 2 rings (SSSR count). The second kappa shape index (κ2) is 10.3. The van der Waals surface area contributed by atoms with Gasteiger partial charge in [0, 0.05) is 18.7 Å². The lowest BCUT2D eigenvalue weighted by Crippen LogP contribution is -2.31. The van der Waals surface area contributed by atoms with Gasteiger partial charge in [-0.2, -0.15) is 4.31 Å². The van der Waals surface area contributed by atoms with Crippen LogP contribution in [0.4, 0.5) is 5.00 Å². The van der Waals surface area contributed by atoms with Crippen LogP contribution in [0.15, 0.2) is 60.5 Å². The number of anilines is 1. The topological polar surface area (TPSA) is 92.8 Å². The summed E-state index contributed by atoms with van der Waals surface area (Å²) in [5, 5.41) is 3.22. The minimum atomic E-state index is -3.73. The Bertz CT molecular complexity index is 1030. The van der Waals surface area contributed by atoms with E-state index in [-0.39, 0.29) is 30.2 Å². The number of benzene rings is 1. The number of sulfonamides is 1. The summed E-state index contributed by atoms with van der Waals surface area (Å²) in [7, 11) is -3.73. The van der Waals surface area contributed by atoms with Gasteiger partial charge in [0.05, 0.1) is 16.5 Å². The van der Waals surface area contributed by atoms with Gasteiger partial charge in [-0.05, 0) is 49.7 Å². The molecular weight excluding hydrogens is 424 g/mol. The standard InChI is InChI=1S/C21H24N2O5S2/c1-5-12-23(13-6-2)30(26,27)17-10-8-16(9-11-17)20(24)22-18-14-15(4)19(29-18)21(25)28-7-3/h5-6,8-11,14H,1-2,7,12-13H2,3-4H3,(H,22,24). The number of aryl methyl sites for hydroxylation is 1. The van der Waals surface area contributed by atoms with Crippen LogP contribution in [-0.2, 0) is 14.8 Å². The van der Waals surface area contributed by atoms with Gasteiger partial charge in [-0.25, -0.2) is 13.2 Å². The van der Waals surface area contributed by atoms with E-state index in [2.05, 4.69) is 18.5 Å². The minimum absolute atomic E-state index is 0.0688. The van der Waals surface area contributed by atoms with Gasteiger partial charge in [-0.3, -0.25) is 4.79 Å². The molecule has 0 saturated heterocycles. The molecule has 0 bridgehead atoms. The molecule has 1 aromatic carbocycles. The number of rotatable bonds is 10. The lowest BCUT2D eigenvalue weighted by atomic mass is 10.2. The molecule has 0 fully saturated rings. The summed E-state index contributed by atoms with van der Waals surface area (Å²) in [6, 6.07) is 7.33. The molecule has 160 valence electrons. The van der Waals surface area contributed by atoms with Crippen molar-refractivity contribution in [1.82, 2.24) is 4.31 Å². The first-order valence-electron chi connectivity index (χ1n) is 9.15. The average Bonchev–Trinajstić information content (AvgIpc) is 3.08. The van der Waals surface area contributed by atoms with E-state index in [1.807, 2.05) is 0 Å². The Morgan fingerprint density at radius 3 is 2.30 bits per heavy atom. The molecule has 7 nitrogen and oxygen atoms in total. The fourth-order valence-electron chi connectivity index (χ4n) is 2.61. The maximum Gasteiger partial charge on any atom is 0.348 e. The molecule has 0 radical (unpaired) electrons. The lowest BCUT2D eigenvalue weighted by Gasteiger charge is -2.19. The fraction of sp³-hybridized carbons (Fsp3) is 0.238. The number of hydrogen-bond acceptors (Lipinski definition) is 6. The van der Waals surface area contributed by atoms with Crippen LogP contribution in [0.1, 0.15) is 32.5 Å². The van der Waals surface area contributed by atoms with Crippen molar-refractivity contribution >= 4 is 38.2 Å². The van der Waals surface area contributed by atoms with Crippen molar-refractivity contribution in [3.63, 3.8) is 0 Å². The van der Waals surface area contributed by atoms with E-state index in [0.29, 0.717) is 15.4 Å². The van der Waals surface area contributed by atoms with Crippen molar-refractivity contribution in [3.8, 4) is 0 Å². The second-order valence-corrected chi connectivity index (χ2v) is 9.21. The largest absolute Gasteiger partial charge is 0.462 e. The first-order chi connectivity index (χ1) is 14.2. The number of nitrogens with zero attached hydrogens (tertiary/aromatic N) is 1. The van der Waals surface area contributed by atoms with E-state index in [0.717, 1.165) is 11.3 Å². The summed E-state index contributed by atoms with van der Waals surface area (Å²) < 4.78 is 31.7. The van der Waals surface area contributed by atoms with Crippen molar-refractivity contribution in [2.45, 2.75) is 18.7 Å². The number of carbonyl (C=O) groups excluding carboxylic acids is 2. The van der Waals surface area contributed by atoms with Gasteiger partial charge in [-0.1, -0.05) is 12.2 Å². The lowest BCUT2D eigenvalue weighted by molar-refractivity contribution is 0.0531. The summed E-state index contributed by atoms with van der Waals surface area (Å²) in [6.07, 6.45) is 2.99. The van der Waals surface area contributed by atoms with E-state index in [1.165, 1.54) is 40.7 Å². The third-order valence-corrected chi connectivity index (χ3v) is 7.01. The fourth-order valence-corrected chi connectivity index (χ4v) is 4.96. The quantitative estimate of drug-likeness (QED) is 0.440. The number of esters is 1. The van der Waals surface area contributed by atoms with Crippen LogP contribution in [0.2, 0.25) is 0 Å². The zero-order chi connectivity index (χ0) is 22.3. The molecule has 0 saturated carbocycles. The van der Waals surface area contributed by atoms with Gasteiger partial charge in [0.1, 0.15) is 4.88 Å². The first kappa shape index (κ1) is 23.5. The summed E-state index contributed by atoms with van der Waals surface area (Å²) in [6.45, 7) is 11.2. The van der Waals surface area contributed by atoms with E-state index in [1.54, 1.807) is 19.9 Å². The molecule has 1 N–H and O–H groups in total. The Balaban J connectivity index is 2.17. The molecule has 0 aliphatic carbocycles. The molecule has 0 spiro atoms. The van der Waals surface area contributed by atoms with Gasteiger partial charge in [0.2, 0.25) is 10.0 Å². The predicted octanol–water partition coefficient (Wildman–Crippen LogP) is 3.85. The Hall–Kier alpha value is -2.75. The first-order valence-corrected chi connectivity index (χ1v) is 11.4. The van der Waals surface area contributed by atoms with Gasteiger partial charge in [0.15, 0.2) is 0 Å². The summed E-state index contributed by atoms with van der Waals surface area (Å²) >= 11 is 1.12. The normalized spacial score (nSPS) is 11.2. The van der Waals surface area contributed by atoms with Crippen molar-refractivity contribution in [1.29, 1.82) is 0 Å². The van der Waals surface area contributed by atoms with Gasteiger partial charge in [0.25, 0.3) is 5.91 Å². The smallest absolute Gasteiger partial charge is 0.348 e.